The number of ether oxygens (including phenoxy) is 2. The summed E-state index contributed by atoms with van der Waals surface area (Å²) in [7, 11) is 0. The first-order valence-corrected chi connectivity index (χ1v) is 7.71. The van der Waals surface area contributed by atoms with Crippen LogP contribution < -0.4 is 5.32 Å². The molecule has 21 heavy (non-hydrogen) atoms. The van der Waals surface area contributed by atoms with Crippen molar-refractivity contribution in [3.8, 4) is 0 Å². The minimum atomic E-state index is -0.765. The van der Waals surface area contributed by atoms with E-state index in [0.29, 0.717) is 13.0 Å². The average Bonchev–Trinajstić information content (AvgIpc) is 2.36. The molecule has 0 aromatic heterocycles. The van der Waals surface area contributed by atoms with Crippen molar-refractivity contribution in [2.24, 2.45) is 0 Å². The number of hydrogen-bond donors (Lipinski definition) is 1. The molecule has 0 saturated heterocycles. The molecule has 7 heteroatoms. The number of halogens is 1. The fraction of sp³-hybridized carbons (Fsp3) is 0.857. The van der Waals surface area contributed by atoms with Gasteiger partial charge >= 0.3 is 12.1 Å². The van der Waals surface area contributed by atoms with Crippen LogP contribution in [0.1, 0.15) is 41.0 Å². The molecule has 0 aliphatic rings. The lowest BCUT2D eigenvalue weighted by Gasteiger charge is -2.24. The summed E-state index contributed by atoms with van der Waals surface area (Å²) in [6.07, 6.45) is -0.199. The van der Waals surface area contributed by atoms with E-state index in [1.165, 1.54) is 0 Å². The van der Waals surface area contributed by atoms with Gasteiger partial charge in [0.2, 0.25) is 0 Å². The Labute approximate surface area is 132 Å². The van der Waals surface area contributed by atoms with E-state index in [9.17, 15) is 9.59 Å². The van der Waals surface area contributed by atoms with Crippen LogP contribution in [0.25, 0.3) is 0 Å². The summed E-state index contributed by atoms with van der Waals surface area (Å²) >= 11 is 5.40. The molecule has 0 heterocycles. The smallest absolute Gasteiger partial charge is 0.408 e. The highest BCUT2D eigenvalue weighted by Gasteiger charge is 2.25. The molecular formula is C14H27ClN2O4. The topological polar surface area (TPSA) is 67.9 Å². The van der Waals surface area contributed by atoms with Crippen LogP contribution in [0.2, 0.25) is 0 Å². The number of nitrogens with one attached hydrogen (secondary N) is 1. The van der Waals surface area contributed by atoms with E-state index in [2.05, 4.69) is 10.2 Å². The Morgan fingerprint density at radius 1 is 1.24 bits per heavy atom. The van der Waals surface area contributed by atoms with Crippen LogP contribution in [-0.4, -0.2) is 54.3 Å². The summed E-state index contributed by atoms with van der Waals surface area (Å²) in [5, 5.41) is 2.54. The minimum absolute atomic E-state index is 0.239. The second-order valence-corrected chi connectivity index (χ2v) is 5.81. The predicted molar refractivity (Wildman–Crippen MR) is 82.4 cm³/mol. The van der Waals surface area contributed by atoms with E-state index in [1.807, 2.05) is 13.8 Å². The average molecular weight is 323 g/mol. The molecule has 0 bridgehead atoms. The van der Waals surface area contributed by atoms with Gasteiger partial charge in [0.05, 0.1) is 0 Å². The Hall–Kier alpha value is -1.01. The van der Waals surface area contributed by atoms with E-state index in [4.69, 9.17) is 21.1 Å². The van der Waals surface area contributed by atoms with Gasteiger partial charge in [-0.2, -0.15) is 0 Å². The zero-order chi connectivity index (χ0) is 16.5. The molecule has 0 fully saturated rings. The van der Waals surface area contributed by atoms with Crippen LogP contribution in [0.3, 0.4) is 0 Å². The summed E-state index contributed by atoms with van der Waals surface area (Å²) in [6.45, 7) is 11.8. The summed E-state index contributed by atoms with van der Waals surface area (Å²) in [5.74, 6) is -0.553. The molecule has 0 aliphatic heterocycles. The molecule has 1 atom stereocenters. The maximum atomic E-state index is 11.8. The number of nitrogens with zero attached hydrogens (tertiary/aromatic N) is 1. The minimum Gasteiger partial charge on any atom is -0.448 e. The monoisotopic (exact) mass is 322 g/mol. The third kappa shape index (κ3) is 9.52. The molecular weight excluding hydrogens is 296 g/mol. The van der Waals surface area contributed by atoms with Gasteiger partial charge in [0.25, 0.3) is 0 Å². The number of amides is 1. The van der Waals surface area contributed by atoms with Gasteiger partial charge in [0.15, 0.2) is 6.07 Å². The number of carbonyl (C=O) groups is 2. The number of rotatable bonds is 8. The van der Waals surface area contributed by atoms with Crippen molar-refractivity contribution in [2.75, 3.05) is 25.7 Å². The van der Waals surface area contributed by atoms with Gasteiger partial charge < -0.3 is 19.7 Å². The Kier molecular flexibility index (Phi) is 9.37. The number of hydrogen-bond acceptors (Lipinski definition) is 5. The van der Waals surface area contributed by atoms with Crippen molar-refractivity contribution in [1.82, 2.24) is 10.2 Å². The second kappa shape index (κ2) is 9.84. The number of alkyl halides is 1. The Morgan fingerprint density at radius 2 is 1.81 bits per heavy atom. The quantitative estimate of drug-likeness (QED) is 0.549. The summed E-state index contributed by atoms with van der Waals surface area (Å²) < 4.78 is 9.92. The number of esters is 1. The first-order valence-electron chi connectivity index (χ1n) is 7.18. The van der Waals surface area contributed by atoms with Crippen molar-refractivity contribution in [3.05, 3.63) is 0 Å². The van der Waals surface area contributed by atoms with Gasteiger partial charge in [-0.25, -0.2) is 9.59 Å². The Morgan fingerprint density at radius 3 is 2.24 bits per heavy atom. The molecule has 1 amide bonds. The van der Waals surface area contributed by atoms with Gasteiger partial charge in [0.1, 0.15) is 11.6 Å². The van der Waals surface area contributed by atoms with Crippen molar-refractivity contribution in [2.45, 2.75) is 52.7 Å². The maximum Gasteiger partial charge on any atom is 0.408 e. The zero-order valence-corrected chi connectivity index (χ0v) is 14.3. The fourth-order valence-corrected chi connectivity index (χ4v) is 1.81. The molecule has 0 radical (unpaired) electrons. The molecule has 0 aliphatic carbocycles. The van der Waals surface area contributed by atoms with E-state index < -0.39 is 23.7 Å². The predicted octanol–water partition coefficient (Wildman–Crippen LogP) is 2.35. The van der Waals surface area contributed by atoms with Gasteiger partial charge in [-0.3, -0.25) is 0 Å². The number of carbonyl (C=O) groups excluding carboxylic acids is 2. The highest BCUT2D eigenvalue weighted by atomic mass is 35.5. The van der Waals surface area contributed by atoms with Gasteiger partial charge in [-0.05, 0) is 40.3 Å². The molecule has 0 aromatic carbocycles. The molecule has 124 valence electrons. The molecule has 1 N–H and O–H groups in total. The molecule has 0 rings (SSSR count). The Bertz CT molecular complexity index is 327. The van der Waals surface area contributed by atoms with Crippen molar-refractivity contribution in [3.63, 3.8) is 0 Å². The summed E-state index contributed by atoms with van der Waals surface area (Å²) in [5.41, 5.74) is -0.621. The van der Waals surface area contributed by atoms with Crippen molar-refractivity contribution >= 4 is 23.7 Å². The normalized spacial score (nSPS) is 12.9. The van der Waals surface area contributed by atoms with Crippen molar-refractivity contribution < 1.29 is 19.1 Å². The third-order valence-corrected chi connectivity index (χ3v) is 2.91. The lowest BCUT2D eigenvalue weighted by atomic mass is 10.2. The molecule has 1 unspecified atom stereocenters. The van der Waals surface area contributed by atoms with Crippen LogP contribution in [0.15, 0.2) is 0 Å². The van der Waals surface area contributed by atoms with Crippen LogP contribution in [0, 0.1) is 0 Å². The summed E-state index contributed by atoms with van der Waals surface area (Å²) in [4.78, 5) is 25.8. The first-order chi connectivity index (χ1) is 9.73. The summed E-state index contributed by atoms with van der Waals surface area (Å²) in [6, 6.07) is -1.00. The highest BCUT2D eigenvalue weighted by Crippen LogP contribution is 2.08. The SMILES string of the molecule is CCN(CC)CCC(NC(=O)OC(C)(C)C)C(=O)OCCl. The van der Waals surface area contributed by atoms with Crippen molar-refractivity contribution in [1.29, 1.82) is 0 Å². The van der Waals surface area contributed by atoms with Crippen LogP contribution in [0.5, 0.6) is 0 Å². The van der Waals surface area contributed by atoms with E-state index in [0.717, 1.165) is 13.1 Å². The molecule has 6 nitrogen and oxygen atoms in total. The number of alkyl carbamates (subject to hydrolysis) is 1. The molecule has 0 saturated carbocycles. The van der Waals surface area contributed by atoms with Crippen LogP contribution in [0.4, 0.5) is 4.79 Å². The van der Waals surface area contributed by atoms with Gasteiger partial charge in [-0.1, -0.05) is 25.4 Å². The van der Waals surface area contributed by atoms with Crippen LogP contribution in [-0.2, 0) is 14.3 Å². The largest absolute Gasteiger partial charge is 0.448 e. The fourth-order valence-electron chi connectivity index (χ4n) is 1.70. The molecule has 0 aromatic rings. The lowest BCUT2D eigenvalue weighted by molar-refractivity contribution is -0.144. The van der Waals surface area contributed by atoms with Crippen LogP contribution >= 0.6 is 11.6 Å². The van der Waals surface area contributed by atoms with Gasteiger partial charge in [0, 0.05) is 6.54 Å². The standard InChI is InChI=1S/C14H27ClN2O4/c1-6-17(7-2)9-8-11(12(18)20-10-15)16-13(19)21-14(3,4)5/h11H,6-10H2,1-5H3,(H,16,19). The lowest BCUT2D eigenvalue weighted by Crippen LogP contribution is -2.45. The van der Waals surface area contributed by atoms with Gasteiger partial charge in [-0.15, -0.1) is 0 Å². The Balaban J connectivity index is 4.59. The van der Waals surface area contributed by atoms with E-state index in [1.54, 1.807) is 20.8 Å². The third-order valence-electron chi connectivity index (χ3n) is 2.80. The van der Waals surface area contributed by atoms with E-state index in [-0.39, 0.29) is 6.07 Å². The highest BCUT2D eigenvalue weighted by molar-refractivity contribution is 6.17. The first kappa shape index (κ1) is 20.0. The second-order valence-electron chi connectivity index (χ2n) is 5.59. The van der Waals surface area contributed by atoms with E-state index >= 15 is 0 Å². The zero-order valence-electron chi connectivity index (χ0n) is 13.6. The maximum absolute atomic E-state index is 11.8. The molecule has 0 spiro atoms.